The van der Waals surface area contributed by atoms with E-state index in [1.165, 1.54) is 76.7 Å². The van der Waals surface area contributed by atoms with E-state index in [1.54, 1.807) is 0 Å². The van der Waals surface area contributed by atoms with Gasteiger partial charge in [0.1, 0.15) is 0 Å². The fourth-order valence-corrected chi connectivity index (χ4v) is 8.69. The molecule has 1 aromatic heterocycles. The molecule has 0 aliphatic carbocycles. The number of hydrogen-bond acceptors (Lipinski definition) is 1. The van der Waals surface area contributed by atoms with Crippen LogP contribution in [-0.2, 0) is 0 Å². The Balaban J connectivity index is 1.03. The molecule has 0 radical (unpaired) electrons. The molecule has 1 heterocycles. The highest BCUT2D eigenvalue weighted by Crippen LogP contribution is 2.44. The van der Waals surface area contributed by atoms with E-state index in [1.807, 2.05) is 0 Å². The van der Waals surface area contributed by atoms with Gasteiger partial charge in [-0.1, -0.05) is 170 Å². The molecule has 0 amide bonds. The lowest BCUT2D eigenvalue weighted by molar-refractivity contribution is 1.18. The van der Waals surface area contributed by atoms with Gasteiger partial charge in [0.15, 0.2) is 0 Å². The van der Waals surface area contributed by atoms with Crippen molar-refractivity contribution in [1.82, 2.24) is 4.57 Å². The Bertz CT molecular complexity index is 3270. The Kier molecular flexibility index (Phi) is 8.19. The van der Waals surface area contributed by atoms with Crippen LogP contribution in [0.4, 0.5) is 17.1 Å². The minimum absolute atomic E-state index is 1.10. The maximum Gasteiger partial charge on any atom is 0.0561 e. The fraction of sp³-hybridized carbons (Fsp3) is 0. The number of para-hydroxylation sites is 3. The molecule has 0 spiro atoms. The van der Waals surface area contributed by atoms with Crippen LogP contribution in [0.2, 0.25) is 0 Å². The molecular weight excluding hydrogens is 701 g/mol. The van der Waals surface area contributed by atoms with E-state index < -0.39 is 0 Å². The maximum atomic E-state index is 2.42. The zero-order valence-electron chi connectivity index (χ0n) is 31.8. The summed E-state index contributed by atoms with van der Waals surface area (Å²) < 4.78 is 2.39. The zero-order valence-corrected chi connectivity index (χ0v) is 31.8. The number of aromatic nitrogens is 1. The average Bonchev–Trinajstić information content (AvgIpc) is 3.63. The summed E-state index contributed by atoms with van der Waals surface area (Å²) in [5, 5.41) is 7.39. The summed E-state index contributed by atoms with van der Waals surface area (Å²) in [6.45, 7) is 0. The van der Waals surface area contributed by atoms with Crippen molar-refractivity contribution in [3.05, 3.63) is 231 Å². The Labute approximate surface area is 338 Å². The van der Waals surface area contributed by atoms with Gasteiger partial charge in [0.05, 0.1) is 16.7 Å². The van der Waals surface area contributed by atoms with Crippen molar-refractivity contribution in [3.8, 4) is 39.1 Å². The van der Waals surface area contributed by atoms with E-state index >= 15 is 0 Å². The first-order valence-corrected chi connectivity index (χ1v) is 19.9. The van der Waals surface area contributed by atoms with Crippen molar-refractivity contribution in [1.29, 1.82) is 0 Å². The second kappa shape index (κ2) is 14.1. The lowest BCUT2D eigenvalue weighted by atomic mass is 9.97. The van der Waals surface area contributed by atoms with Crippen LogP contribution in [-0.4, -0.2) is 4.57 Å². The summed E-state index contributed by atoms with van der Waals surface area (Å²) in [7, 11) is 0. The van der Waals surface area contributed by atoms with Crippen LogP contribution < -0.4 is 4.90 Å². The minimum atomic E-state index is 1.10. The van der Waals surface area contributed by atoms with Crippen LogP contribution in [0.3, 0.4) is 0 Å². The van der Waals surface area contributed by atoms with Gasteiger partial charge < -0.3 is 9.47 Å². The second-order valence-electron chi connectivity index (χ2n) is 15.0. The summed E-state index contributed by atoms with van der Waals surface area (Å²) >= 11 is 0. The summed E-state index contributed by atoms with van der Waals surface area (Å²) in [6.07, 6.45) is 0. The summed E-state index contributed by atoms with van der Waals surface area (Å²) in [4.78, 5) is 2.42. The van der Waals surface area contributed by atoms with Gasteiger partial charge in [-0.3, -0.25) is 0 Å². The molecule has 58 heavy (non-hydrogen) atoms. The normalized spacial score (nSPS) is 11.4. The Morgan fingerprint density at radius 3 is 1.59 bits per heavy atom. The van der Waals surface area contributed by atoms with Gasteiger partial charge in [0.25, 0.3) is 0 Å². The average molecular weight is 739 g/mol. The molecule has 11 rings (SSSR count). The third kappa shape index (κ3) is 5.91. The number of nitrogens with zero attached hydrogens (tertiary/aromatic N) is 2. The van der Waals surface area contributed by atoms with Crippen molar-refractivity contribution < 1.29 is 0 Å². The quantitative estimate of drug-likeness (QED) is 0.158. The van der Waals surface area contributed by atoms with Crippen molar-refractivity contribution in [3.63, 3.8) is 0 Å². The van der Waals surface area contributed by atoms with Crippen LogP contribution >= 0.6 is 0 Å². The number of anilines is 3. The van der Waals surface area contributed by atoms with E-state index in [2.05, 4.69) is 240 Å². The molecule has 2 heteroatoms. The Morgan fingerprint density at radius 2 is 0.810 bits per heavy atom. The SMILES string of the molecule is c1ccc(-c2ccccc2N(c2ccc3cc(-c4ccc(-c5ccc6ccccc6c5)cc4)ccc3c2)c2ccc3c4ccccc4n(-c4ccccc4)c3c2)cc1. The van der Waals surface area contributed by atoms with Gasteiger partial charge in [-0.25, -0.2) is 0 Å². The van der Waals surface area contributed by atoms with Gasteiger partial charge in [-0.15, -0.1) is 0 Å². The van der Waals surface area contributed by atoms with Crippen LogP contribution in [0.25, 0.3) is 82.4 Å². The first-order valence-electron chi connectivity index (χ1n) is 19.9. The van der Waals surface area contributed by atoms with E-state index in [0.29, 0.717) is 0 Å². The zero-order chi connectivity index (χ0) is 38.4. The second-order valence-corrected chi connectivity index (χ2v) is 15.0. The monoisotopic (exact) mass is 738 g/mol. The third-order valence-corrected chi connectivity index (χ3v) is 11.5. The molecule has 0 bridgehead atoms. The number of hydrogen-bond donors (Lipinski definition) is 0. The molecule has 0 fully saturated rings. The van der Waals surface area contributed by atoms with Gasteiger partial charge in [0, 0.05) is 33.4 Å². The molecule has 272 valence electrons. The van der Waals surface area contributed by atoms with E-state index in [9.17, 15) is 0 Å². The molecule has 0 unspecified atom stereocenters. The highest BCUT2D eigenvalue weighted by molar-refractivity contribution is 6.10. The van der Waals surface area contributed by atoms with Gasteiger partial charge in [-0.05, 0) is 110 Å². The van der Waals surface area contributed by atoms with E-state index in [0.717, 1.165) is 22.7 Å². The smallest absolute Gasteiger partial charge is 0.0561 e. The highest BCUT2D eigenvalue weighted by atomic mass is 15.1. The van der Waals surface area contributed by atoms with Crippen molar-refractivity contribution >= 4 is 60.4 Å². The lowest BCUT2D eigenvalue weighted by Crippen LogP contribution is -2.11. The fourth-order valence-electron chi connectivity index (χ4n) is 8.69. The van der Waals surface area contributed by atoms with Crippen molar-refractivity contribution in [2.75, 3.05) is 4.90 Å². The molecule has 10 aromatic carbocycles. The van der Waals surface area contributed by atoms with Crippen molar-refractivity contribution in [2.24, 2.45) is 0 Å². The number of benzene rings is 10. The largest absolute Gasteiger partial charge is 0.310 e. The summed E-state index contributed by atoms with van der Waals surface area (Å²) in [5.41, 5.74) is 14.0. The van der Waals surface area contributed by atoms with Crippen LogP contribution in [0.15, 0.2) is 231 Å². The van der Waals surface area contributed by atoms with E-state index in [4.69, 9.17) is 0 Å². The molecular formula is C56H38N2. The molecule has 0 N–H and O–H groups in total. The van der Waals surface area contributed by atoms with Gasteiger partial charge in [0.2, 0.25) is 0 Å². The predicted octanol–water partition coefficient (Wildman–Crippen LogP) is 15.6. The molecule has 0 aliphatic heterocycles. The lowest BCUT2D eigenvalue weighted by Gasteiger charge is -2.28. The Morgan fingerprint density at radius 1 is 0.293 bits per heavy atom. The summed E-state index contributed by atoms with van der Waals surface area (Å²) in [5.74, 6) is 0. The molecule has 0 atom stereocenters. The highest BCUT2D eigenvalue weighted by Gasteiger charge is 2.20. The van der Waals surface area contributed by atoms with Crippen molar-refractivity contribution in [2.45, 2.75) is 0 Å². The van der Waals surface area contributed by atoms with Crippen LogP contribution in [0.1, 0.15) is 0 Å². The molecule has 11 aromatic rings. The first kappa shape index (κ1) is 33.6. The Hall–Kier alpha value is -7.68. The molecule has 2 nitrogen and oxygen atoms in total. The molecule has 0 aliphatic rings. The first-order chi connectivity index (χ1) is 28.7. The predicted molar refractivity (Wildman–Crippen MR) is 247 cm³/mol. The topological polar surface area (TPSA) is 8.17 Å². The van der Waals surface area contributed by atoms with Crippen LogP contribution in [0.5, 0.6) is 0 Å². The maximum absolute atomic E-state index is 2.42. The molecule has 0 saturated heterocycles. The van der Waals surface area contributed by atoms with Gasteiger partial charge in [-0.2, -0.15) is 0 Å². The summed E-state index contributed by atoms with van der Waals surface area (Å²) in [6, 6.07) is 83.7. The number of fused-ring (bicyclic) bond motifs is 5. The minimum Gasteiger partial charge on any atom is -0.310 e. The third-order valence-electron chi connectivity index (χ3n) is 11.5. The molecule has 0 saturated carbocycles. The van der Waals surface area contributed by atoms with E-state index in [-0.39, 0.29) is 0 Å². The number of rotatable bonds is 7. The standard InChI is InChI=1S/C56H38N2/c1-3-14-42(15-4-1)51-19-9-11-21-54(51)57(50-33-34-53-52-20-10-12-22-55(52)58(56(53)38-50)48-17-5-2-6-18-48)49-32-31-46-36-45(29-30-47(46)37-49)41-25-23-40(24-26-41)44-28-27-39-13-7-8-16-43(39)35-44/h1-38H. The van der Waals surface area contributed by atoms with Gasteiger partial charge >= 0.3 is 0 Å². The van der Waals surface area contributed by atoms with Crippen LogP contribution in [0, 0.1) is 0 Å².